The Morgan fingerprint density at radius 2 is 1.48 bits per heavy atom. The van der Waals surface area contributed by atoms with E-state index in [4.69, 9.17) is 10.5 Å². The van der Waals surface area contributed by atoms with Crippen molar-refractivity contribution in [2.24, 2.45) is 5.73 Å². The average Bonchev–Trinajstić information content (AvgIpc) is 2.49. The van der Waals surface area contributed by atoms with Crippen LogP contribution in [0.1, 0.15) is 104 Å². The molecule has 2 N–H and O–H groups in total. The molecule has 0 aromatic carbocycles. The summed E-state index contributed by atoms with van der Waals surface area (Å²) in [5.41, 5.74) is 6.32. The second-order valence-corrected chi connectivity index (χ2v) is 7.20. The normalized spacial score (nSPS) is 24.1. The largest absolute Gasteiger partial charge is 0.374 e. The second-order valence-electron chi connectivity index (χ2n) is 7.20. The van der Waals surface area contributed by atoms with Crippen molar-refractivity contribution in [3.63, 3.8) is 0 Å². The number of rotatable bonds is 12. The Kier molecular flexibility index (Phi) is 10.4. The molecule has 2 unspecified atom stereocenters. The summed E-state index contributed by atoms with van der Waals surface area (Å²) in [5, 5.41) is 0. The molecule has 0 spiro atoms. The monoisotopic (exact) mass is 297 g/mol. The fraction of sp³-hybridized carbons (Fsp3) is 1.00. The van der Waals surface area contributed by atoms with E-state index < -0.39 is 0 Å². The highest BCUT2D eigenvalue weighted by Gasteiger charge is 2.33. The van der Waals surface area contributed by atoms with Gasteiger partial charge in [0.1, 0.15) is 0 Å². The molecule has 0 radical (unpaired) electrons. The highest BCUT2D eigenvalue weighted by atomic mass is 16.5. The fourth-order valence-corrected chi connectivity index (χ4v) is 3.41. The Morgan fingerprint density at radius 1 is 0.905 bits per heavy atom. The van der Waals surface area contributed by atoms with Crippen LogP contribution >= 0.6 is 0 Å². The van der Waals surface area contributed by atoms with Crippen molar-refractivity contribution in [3.05, 3.63) is 0 Å². The third-order valence-electron chi connectivity index (χ3n) is 5.15. The van der Waals surface area contributed by atoms with Crippen molar-refractivity contribution in [2.45, 2.75) is 115 Å². The van der Waals surface area contributed by atoms with E-state index in [2.05, 4.69) is 13.8 Å². The van der Waals surface area contributed by atoms with Crippen molar-refractivity contribution in [1.29, 1.82) is 0 Å². The van der Waals surface area contributed by atoms with Gasteiger partial charge in [0.25, 0.3) is 0 Å². The van der Waals surface area contributed by atoms with Crippen LogP contribution in [0.5, 0.6) is 0 Å². The van der Waals surface area contributed by atoms with E-state index in [1.165, 1.54) is 77.0 Å². The predicted molar refractivity (Wildman–Crippen MR) is 92.6 cm³/mol. The van der Waals surface area contributed by atoms with Crippen LogP contribution in [0, 0.1) is 0 Å². The van der Waals surface area contributed by atoms with Gasteiger partial charge in [-0.1, -0.05) is 71.1 Å². The summed E-state index contributed by atoms with van der Waals surface area (Å²) in [7, 11) is 0. The lowest BCUT2D eigenvalue weighted by atomic mass is 9.86. The molecule has 126 valence electrons. The zero-order valence-corrected chi connectivity index (χ0v) is 14.7. The first-order valence-corrected chi connectivity index (χ1v) is 9.58. The van der Waals surface area contributed by atoms with E-state index in [0.717, 1.165) is 19.4 Å². The maximum atomic E-state index is 6.37. The van der Waals surface area contributed by atoms with Crippen LogP contribution < -0.4 is 5.73 Å². The zero-order valence-electron chi connectivity index (χ0n) is 14.7. The van der Waals surface area contributed by atoms with Gasteiger partial charge in [-0.15, -0.1) is 0 Å². The van der Waals surface area contributed by atoms with E-state index in [1.807, 2.05) is 0 Å². The van der Waals surface area contributed by atoms with Gasteiger partial charge >= 0.3 is 0 Å². The van der Waals surface area contributed by atoms with Crippen molar-refractivity contribution in [2.75, 3.05) is 6.61 Å². The molecule has 21 heavy (non-hydrogen) atoms. The summed E-state index contributed by atoms with van der Waals surface area (Å²) in [6, 6.07) is 0.229. The second kappa shape index (κ2) is 11.5. The lowest BCUT2D eigenvalue weighted by molar-refractivity contribution is -0.0826. The number of nitrogens with two attached hydrogens (primary N) is 1. The average molecular weight is 298 g/mol. The zero-order chi connectivity index (χ0) is 15.4. The lowest BCUT2D eigenvalue weighted by Gasteiger charge is -2.38. The molecule has 0 aromatic rings. The van der Waals surface area contributed by atoms with Gasteiger partial charge in [0.2, 0.25) is 0 Å². The molecule has 1 fully saturated rings. The lowest BCUT2D eigenvalue weighted by Crippen LogP contribution is -2.49. The van der Waals surface area contributed by atoms with E-state index in [1.54, 1.807) is 0 Å². The van der Waals surface area contributed by atoms with E-state index in [-0.39, 0.29) is 11.6 Å². The third kappa shape index (κ3) is 8.21. The molecule has 1 heterocycles. The number of hydrogen-bond acceptors (Lipinski definition) is 2. The summed E-state index contributed by atoms with van der Waals surface area (Å²) in [4.78, 5) is 0. The maximum Gasteiger partial charge on any atom is 0.0804 e. The van der Waals surface area contributed by atoms with Crippen molar-refractivity contribution < 1.29 is 4.74 Å². The molecule has 2 atom stereocenters. The van der Waals surface area contributed by atoms with Crippen LogP contribution in [-0.2, 0) is 4.74 Å². The molecule has 0 saturated carbocycles. The summed E-state index contributed by atoms with van der Waals surface area (Å²) in [6.07, 6.45) is 18.7. The highest BCUT2D eigenvalue weighted by Crippen LogP contribution is 2.29. The molecule has 1 saturated heterocycles. The van der Waals surface area contributed by atoms with Crippen LogP contribution in [0.25, 0.3) is 0 Å². The summed E-state index contributed by atoms with van der Waals surface area (Å²) in [6.45, 7) is 5.40. The highest BCUT2D eigenvalue weighted by molar-refractivity contribution is 4.89. The number of ether oxygens (including phenoxy) is 1. The van der Waals surface area contributed by atoms with Gasteiger partial charge in [0.05, 0.1) is 5.60 Å². The molecular formula is C19H39NO. The van der Waals surface area contributed by atoms with Gasteiger partial charge in [-0.3, -0.25) is 0 Å². The van der Waals surface area contributed by atoms with Gasteiger partial charge in [0, 0.05) is 12.6 Å². The molecule has 0 aromatic heterocycles. The molecular weight excluding hydrogens is 258 g/mol. The Bertz CT molecular complexity index is 236. The topological polar surface area (TPSA) is 35.2 Å². The Hall–Kier alpha value is -0.0800. The molecule has 2 heteroatoms. The summed E-state index contributed by atoms with van der Waals surface area (Å²) < 4.78 is 5.94. The first kappa shape index (κ1) is 19.0. The van der Waals surface area contributed by atoms with Crippen LogP contribution in [-0.4, -0.2) is 18.2 Å². The van der Waals surface area contributed by atoms with Crippen molar-refractivity contribution in [1.82, 2.24) is 0 Å². The Labute approximate surface area is 133 Å². The minimum Gasteiger partial charge on any atom is -0.374 e. The van der Waals surface area contributed by atoms with Crippen LogP contribution in [0.15, 0.2) is 0 Å². The molecule has 1 rings (SSSR count). The maximum absolute atomic E-state index is 6.37. The summed E-state index contributed by atoms with van der Waals surface area (Å²) >= 11 is 0. The minimum atomic E-state index is -0.0441. The van der Waals surface area contributed by atoms with E-state index >= 15 is 0 Å². The van der Waals surface area contributed by atoms with Gasteiger partial charge in [-0.05, 0) is 32.6 Å². The van der Waals surface area contributed by atoms with Crippen molar-refractivity contribution in [3.8, 4) is 0 Å². The van der Waals surface area contributed by atoms with E-state index in [9.17, 15) is 0 Å². The minimum absolute atomic E-state index is 0.0441. The van der Waals surface area contributed by atoms with Gasteiger partial charge in [-0.25, -0.2) is 0 Å². The predicted octanol–water partition coefficient (Wildman–Crippen LogP) is 5.58. The van der Waals surface area contributed by atoms with Gasteiger partial charge < -0.3 is 10.5 Å². The first-order chi connectivity index (χ1) is 10.2. The summed E-state index contributed by atoms with van der Waals surface area (Å²) in [5.74, 6) is 0. The number of hydrogen-bond donors (Lipinski definition) is 1. The smallest absolute Gasteiger partial charge is 0.0804 e. The Balaban J connectivity index is 1.91. The van der Waals surface area contributed by atoms with Crippen LogP contribution in [0.3, 0.4) is 0 Å². The first-order valence-electron chi connectivity index (χ1n) is 9.58. The third-order valence-corrected chi connectivity index (χ3v) is 5.15. The molecule has 1 aliphatic heterocycles. The fourth-order valence-electron chi connectivity index (χ4n) is 3.41. The molecule has 0 bridgehead atoms. The van der Waals surface area contributed by atoms with E-state index in [0.29, 0.717) is 0 Å². The van der Waals surface area contributed by atoms with Crippen LogP contribution in [0.4, 0.5) is 0 Å². The van der Waals surface area contributed by atoms with Gasteiger partial charge in [-0.2, -0.15) is 0 Å². The molecule has 1 aliphatic rings. The quantitative estimate of drug-likeness (QED) is 0.477. The Morgan fingerprint density at radius 3 is 2.00 bits per heavy atom. The van der Waals surface area contributed by atoms with Crippen LogP contribution in [0.2, 0.25) is 0 Å². The standard InChI is InChI=1S/C19H39NO/c1-3-4-5-6-7-8-9-10-11-12-15-18(20)19(2)16-13-14-17-21-19/h18H,3-17,20H2,1-2H3. The molecule has 2 nitrogen and oxygen atoms in total. The van der Waals surface area contributed by atoms with Crippen molar-refractivity contribution >= 4 is 0 Å². The number of unbranched alkanes of at least 4 members (excludes halogenated alkanes) is 9. The SMILES string of the molecule is CCCCCCCCCCCCC(N)C1(C)CCCCO1. The molecule has 0 amide bonds. The molecule has 0 aliphatic carbocycles. The van der Waals surface area contributed by atoms with Gasteiger partial charge in [0.15, 0.2) is 0 Å².